The fraction of sp³-hybridized carbons (Fsp3) is 0.844. The van der Waals surface area contributed by atoms with E-state index in [2.05, 4.69) is 110 Å². The van der Waals surface area contributed by atoms with Crippen LogP contribution in [0.15, 0.2) is 24.3 Å². The lowest BCUT2D eigenvalue weighted by atomic mass is 9.89. The summed E-state index contributed by atoms with van der Waals surface area (Å²) in [6.45, 7) is 29.1. The third-order valence-corrected chi connectivity index (χ3v) is 10.6. The highest BCUT2D eigenvalue weighted by molar-refractivity contribution is 6.71. The van der Waals surface area contributed by atoms with Crippen LogP contribution in [0.5, 0.6) is 0 Å². The zero-order valence-electron chi connectivity index (χ0n) is 29.1. The molecule has 0 radical (unpaired) electrons. The zero-order chi connectivity index (χ0) is 31.5. The molecule has 0 amide bonds. The van der Waals surface area contributed by atoms with Gasteiger partial charge in [0.15, 0.2) is 25.0 Å². The van der Waals surface area contributed by atoms with Gasteiger partial charge in [0.05, 0.1) is 18.3 Å². The molecule has 0 aromatic heterocycles. The Morgan fingerprint density at radius 3 is 1.93 bits per heavy atom. The predicted octanol–water partition coefficient (Wildman–Crippen LogP) is 9.91. The Bertz CT molecular complexity index is 818. The molecule has 0 aromatic rings. The molecule has 0 bridgehead atoms. The van der Waals surface area contributed by atoms with Gasteiger partial charge in [-0.1, -0.05) is 50.5 Å². The van der Waals surface area contributed by atoms with Crippen molar-refractivity contribution in [2.75, 3.05) is 0 Å². The highest BCUT2D eigenvalue weighted by atomic mass is 28.4. The van der Waals surface area contributed by atoms with Crippen LogP contribution < -0.4 is 0 Å². The monoisotopic (exact) mass is 642 g/mol. The summed E-state index contributed by atoms with van der Waals surface area (Å²) < 4.78 is 25.9. The van der Waals surface area contributed by atoms with Gasteiger partial charge in [0.25, 0.3) is 5.97 Å². The van der Waals surface area contributed by atoms with E-state index >= 15 is 0 Å². The van der Waals surface area contributed by atoms with Crippen LogP contribution in [-0.2, 0) is 22.5 Å². The van der Waals surface area contributed by atoms with Crippen LogP contribution in [0.4, 0.5) is 0 Å². The second-order valence-electron chi connectivity index (χ2n) is 15.8. The minimum atomic E-state index is -1.81. The van der Waals surface area contributed by atoms with Gasteiger partial charge in [-0.25, -0.2) is 0 Å². The van der Waals surface area contributed by atoms with E-state index in [9.17, 15) is 4.79 Å². The Labute approximate surface area is 258 Å². The summed E-state index contributed by atoms with van der Waals surface area (Å²) in [7, 11) is -6.95. The smallest absolute Gasteiger partial charge is 0.292 e. The first kappa shape index (κ1) is 38.7. The number of hydrogen-bond acceptors (Lipinski definition) is 5. The van der Waals surface area contributed by atoms with Crippen molar-refractivity contribution in [1.82, 2.24) is 0 Å². The van der Waals surface area contributed by atoms with Crippen molar-refractivity contribution in [3.8, 4) is 0 Å². The Kier molecular flexibility index (Phi) is 16.3. The van der Waals surface area contributed by atoms with Crippen LogP contribution in [0.25, 0.3) is 0 Å². The van der Waals surface area contributed by atoms with Crippen LogP contribution in [0, 0.1) is 11.8 Å². The van der Waals surface area contributed by atoms with Gasteiger partial charge in [0.1, 0.15) is 0 Å². The van der Waals surface area contributed by atoms with Crippen molar-refractivity contribution >= 4 is 39.2 Å². The maximum atomic E-state index is 12.1. The molecule has 0 spiro atoms. The molecule has 1 aliphatic carbocycles. The fourth-order valence-corrected chi connectivity index (χ4v) is 9.69. The Morgan fingerprint density at radius 1 is 0.780 bits per heavy atom. The number of unbranched alkanes of at least 4 members (excludes halogenated alkanes) is 3. The van der Waals surface area contributed by atoms with E-state index in [0.29, 0.717) is 18.3 Å². The average molecular weight is 643 g/mol. The maximum Gasteiger partial charge on any atom is 0.292 e. The lowest BCUT2D eigenvalue weighted by Gasteiger charge is -2.30. The molecule has 1 saturated carbocycles. The second kappa shape index (κ2) is 17.3. The Hall–Kier alpha value is -0.302. The summed E-state index contributed by atoms with van der Waals surface area (Å²) in [6.07, 6.45) is 18.8. The molecular formula is C32H66O5Si4. The molecule has 3 unspecified atom stereocenters. The van der Waals surface area contributed by atoms with E-state index in [1.165, 1.54) is 19.3 Å². The number of allylic oxidation sites excluding steroid dienone is 2. The van der Waals surface area contributed by atoms with E-state index in [-0.39, 0.29) is 24.3 Å². The van der Waals surface area contributed by atoms with E-state index in [1.54, 1.807) is 0 Å². The summed E-state index contributed by atoms with van der Waals surface area (Å²) in [4.78, 5) is 12.1. The molecule has 9 heteroatoms. The van der Waals surface area contributed by atoms with Crippen molar-refractivity contribution in [3.63, 3.8) is 0 Å². The maximum absolute atomic E-state index is 12.1. The van der Waals surface area contributed by atoms with Gasteiger partial charge in [-0.05, 0) is 117 Å². The second-order valence-corrected chi connectivity index (χ2v) is 33.7. The molecule has 1 aliphatic rings. The normalized spacial score (nSPS) is 23.5. The Morgan fingerprint density at radius 2 is 1.39 bits per heavy atom. The van der Waals surface area contributed by atoms with Crippen LogP contribution in [-0.4, -0.2) is 57.6 Å². The standard InChI is InChI=1S/C32H66O5Si4/c1-14-15-18-21-27(34-38(2,3)4)24-25-29-28(22-19-16-17-20-23-32(33)37-41(11,12)13)30(35-39(5,6)7)26-31(29)36-40(8,9)10/h16,19,24-25,27-31H,14-15,17-18,20-23,26H2,1-13H3/b19-16+,25-24+/t27?,28-,29-,30?,31?/m1/s1. The van der Waals surface area contributed by atoms with E-state index in [1.807, 2.05) is 0 Å². The topological polar surface area (TPSA) is 54.0 Å². The Balaban J connectivity index is 3.13. The van der Waals surface area contributed by atoms with Crippen LogP contribution in [0.3, 0.4) is 0 Å². The third kappa shape index (κ3) is 18.9. The molecule has 41 heavy (non-hydrogen) atoms. The SMILES string of the molecule is CCCCCC(/C=C/[C@H]1C(O[Si](C)(C)C)CC(O[Si](C)(C)C)[C@@H]1C/C=C/CCCC(=O)O[Si](C)(C)C)O[Si](C)(C)C. The van der Waals surface area contributed by atoms with Gasteiger partial charge in [-0.2, -0.15) is 0 Å². The molecule has 0 N–H and O–H groups in total. The molecule has 0 saturated heterocycles. The highest BCUT2D eigenvalue weighted by Crippen LogP contribution is 2.42. The number of carbonyl (C=O) groups excluding carboxylic acids is 1. The summed E-state index contributed by atoms with van der Waals surface area (Å²) in [5, 5.41) is 0. The van der Waals surface area contributed by atoms with Crippen LogP contribution in [0.2, 0.25) is 78.6 Å². The molecule has 0 aromatic carbocycles. The average Bonchev–Trinajstić information content (AvgIpc) is 3.04. The molecule has 1 rings (SSSR count). The number of rotatable bonds is 19. The van der Waals surface area contributed by atoms with Gasteiger partial charge >= 0.3 is 0 Å². The predicted molar refractivity (Wildman–Crippen MR) is 187 cm³/mol. The van der Waals surface area contributed by atoms with Crippen LogP contribution >= 0.6 is 0 Å². The summed E-state index contributed by atoms with van der Waals surface area (Å²) in [5.41, 5.74) is 0. The first-order chi connectivity index (χ1) is 18.7. The third-order valence-electron chi connectivity index (χ3n) is 6.77. The minimum absolute atomic E-state index is 0.0532. The van der Waals surface area contributed by atoms with Crippen molar-refractivity contribution in [3.05, 3.63) is 24.3 Å². The van der Waals surface area contributed by atoms with Crippen molar-refractivity contribution in [2.24, 2.45) is 11.8 Å². The van der Waals surface area contributed by atoms with Gasteiger partial charge in [0.2, 0.25) is 8.32 Å². The molecule has 0 aliphatic heterocycles. The molecule has 5 nitrogen and oxygen atoms in total. The van der Waals surface area contributed by atoms with Gasteiger partial charge in [-0.15, -0.1) is 0 Å². The molecule has 1 fully saturated rings. The molecule has 5 atom stereocenters. The van der Waals surface area contributed by atoms with Crippen molar-refractivity contribution in [2.45, 2.75) is 162 Å². The zero-order valence-corrected chi connectivity index (χ0v) is 33.1. The molecule has 0 heterocycles. The quantitative estimate of drug-likeness (QED) is 0.0797. The molecular weight excluding hydrogens is 577 g/mol. The van der Waals surface area contributed by atoms with E-state index in [0.717, 1.165) is 32.1 Å². The lowest BCUT2D eigenvalue weighted by Crippen LogP contribution is -2.35. The van der Waals surface area contributed by atoms with Gasteiger partial charge in [-0.3, -0.25) is 4.79 Å². The van der Waals surface area contributed by atoms with Gasteiger partial charge in [0, 0.05) is 12.3 Å². The van der Waals surface area contributed by atoms with E-state index in [4.69, 9.17) is 17.7 Å². The largest absolute Gasteiger partial charge is 0.520 e. The number of carbonyl (C=O) groups is 1. The summed E-state index contributed by atoms with van der Waals surface area (Å²) >= 11 is 0. The first-order valence-corrected chi connectivity index (χ1v) is 29.9. The van der Waals surface area contributed by atoms with Crippen molar-refractivity contribution in [1.29, 1.82) is 0 Å². The fourth-order valence-electron chi connectivity index (χ4n) is 5.45. The summed E-state index contributed by atoms with van der Waals surface area (Å²) in [6, 6.07) is 0. The number of hydrogen-bond donors (Lipinski definition) is 0. The highest BCUT2D eigenvalue weighted by Gasteiger charge is 2.45. The van der Waals surface area contributed by atoms with Crippen molar-refractivity contribution < 1.29 is 22.5 Å². The first-order valence-electron chi connectivity index (χ1n) is 16.3. The molecule has 240 valence electrons. The lowest BCUT2D eigenvalue weighted by molar-refractivity contribution is -0.135. The summed E-state index contributed by atoms with van der Waals surface area (Å²) in [5.74, 6) is 0.622. The van der Waals surface area contributed by atoms with E-state index < -0.39 is 33.3 Å². The minimum Gasteiger partial charge on any atom is -0.520 e. The van der Waals surface area contributed by atoms with Gasteiger partial charge < -0.3 is 17.7 Å². The van der Waals surface area contributed by atoms with Crippen LogP contribution in [0.1, 0.15) is 64.7 Å².